The molecule has 1 unspecified atom stereocenters. The zero-order valence-corrected chi connectivity index (χ0v) is 19.3. The van der Waals surface area contributed by atoms with Gasteiger partial charge >= 0.3 is 5.97 Å². The third-order valence-electron chi connectivity index (χ3n) is 5.40. The molecule has 6 heteroatoms. The highest BCUT2D eigenvalue weighted by atomic mass is 35.5. The van der Waals surface area contributed by atoms with Crippen molar-refractivity contribution in [2.24, 2.45) is 0 Å². The van der Waals surface area contributed by atoms with E-state index in [4.69, 9.17) is 26.2 Å². The van der Waals surface area contributed by atoms with Crippen LogP contribution in [0.15, 0.2) is 84.9 Å². The summed E-state index contributed by atoms with van der Waals surface area (Å²) in [6.07, 6.45) is 0.423. The predicted molar refractivity (Wildman–Crippen MR) is 130 cm³/mol. The largest absolute Gasteiger partial charge is 0.497 e. The van der Waals surface area contributed by atoms with Crippen LogP contribution in [0.25, 0.3) is 16.9 Å². The van der Waals surface area contributed by atoms with Gasteiger partial charge in [0, 0.05) is 17.0 Å². The van der Waals surface area contributed by atoms with E-state index in [1.807, 2.05) is 96.5 Å². The van der Waals surface area contributed by atoms with Crippen LogP contribution in [0.5, 0.6) is 5.75 Å². The number of carbonyl (C=O) groups excluding carboxylic acids is 1. The fourth-order valence-corrected chi connectivity index (χ4v) is 3.88. The number of benzene rings is 3. The van der Waals surface area contributed by atoms with E-state index < -0.39 is 5.92 Å². The smallest absolute Gasteiger partial charge is 0.313 e. The number of ether oxygens (including phenoxy) is 2. The number of aromatic nitrogens is 2. The first-order chi connectivity index (χ1) is 16.1. The van der Waals surface area contributed by atoms with E-state index in [-0.39, 0.29) is 5.97 Å². The highest BCUT2D eigenvalue weighted by Crippen LogP contribution is 2.29. The first-order valence-corrected chi connectivity index (χ1v) is 11.2. The molecule has 0 amide bonds. The van der Waals surface area contributed by atoms with Crippen LogP contribution in [0.3, 0.4) is 0 Å². The monoisotopic (exact) mass is 460 g/mol. The van der Waals surface area contributed by atoms with Crippen molar-refractivity contribution in [1.82, 2.24) is 9.78 Å². The summed E-state index contributed by atoms with van der Waals surface area (Å²) in [5, 5.41) is 5.55. The fourth-order valence-electron chi connectivity index (χ4n) is 3.75. The molecule has 0 N–H and O–H groups in total. The summed E-state index contributed by atoms with van der Waals surface area (Å²) < 4.78 is 12.5. The summed E-state index contributed by atoms with van der Waals surface area (Å²) in [7, 11) is 1.64. The first-order valence-electron chi connectivity index (χ1n) is 10.8. The minimum Gasteiger partial charge on any atom is -0.497 e. The average molecular weight is 461 g/mol. The summed E-state index contributed by atoms with van der Waals surface area (Å²) in [4.78, 5) is 12.8. The number of halogens is 1. The Balaban J connectivity index is 1.76. The summed E-state index contributed by atoms with van der Waals surface area (Å²) in [5.74, 6) is 0.0739. The van der Waals surface area contributed by atoms with Gasteiger partial charge in [0.1, 0.15) is 5.75 Å². The Hall–Kier alpha value is -3.57. The van der Waals surface area contributed by atoms with Crippen molar-refractivity contribution in [3.63, 3.8) is 0 Å². The second-order valence-corrected chi connectivity index (χ2v) is 7.99. The lowest BCUT2D eigenvalue weighted by Gasteiger charge is -2.14. The van der Waals surface area contributed by atoms with Crippen LogP contribution in [-0.2, 0) is 16.0 Å². The maximum Gasteiger partial charge on any atom is 0.313 e. The standard InChI is InChI=1S/C27H25ClN2O3/c1-3-33-27(31)25(19-7-5-4-6-8-19)17-22-18-26(20-9-11-21(28)12-10-20)30(29-22)23-13-15-24(32-2)16-14-23/h4-16,18,25H,3,17H2,1-2H3. The molecule has 3 aromatic carbocycles. The van der Waals surface area contributed by atoms with Gasteiger partial charge in [-0.1, -0.05) is 54.1 Å². The van der Waals surface area contributed by atoms with Crippen LogP contribution >= 0.6 is 11.6 Å². The van der Waals surface area contributed by atoms with Crippen LogP contribution in [0, 0.1) is 0 Å². The van der Waals surface area contributed by atoms with Crippen LogP contribution in [-0.4, -0.2) is 29.5 Å². The van der Waals surface area contributed by atoms with Crippen molar-refractivity contribution in [3.8, 4) is 22.7 Å². The number of hydrogen-bond donors (Lipinski definition) is 0. The topological polar surface area (TPSA) is 53.4 Å². The Bertz CT molecular complexity index is 1200. The predicted octanol–water partition coefficient (Wildman–Crippen LogP) is 6.09. The highest BCUT2D eigenvalue weighted by Gasteiger charge is 2.24. The molecule has 0 aliphatic rings. The van der Waals surface area contributed by atoms with Crippen molar-refractivity contribution >= 4 is 17.6 Å². The van der Waals surface area contributed by atoms with Crippen molar-refractivity contribution in [2.45, 2.75) is 19.3 Å². The minimum atomic E-state index is -0.441. The maximum atomic E-state index is 12.8. The highest BCUT2D eigenvalue weighted by molar-refractivity contribution is 6.30. The molecule has 4 rings (SSSR count). The van der Waals surface area contributed by atoms with Crippen LogP contribution in [0.1, 0.15) is 24.1 Å². The third-order valence-corrected chi connectivity index (χ3v) is 5.66. The molecule has 1 heterocycles. The fraction of sp³-hybridized carbons (Fsp3) is 0.185. The van der Waals surface area contributed by atoms with Crippen molar-refractivity contribution in [3.05, 3.63) is 101 Å². The van der Waals surface area contributed by atoms with Crippen molar-refractivity contribution < 1.29 is 14.3 Å². The lowest BCUT2D eigenvalue weighted by atomic mass is 9.94. The van der Waals surface area contributed by atoms with E-state index in [1.54, 1.807) is 7.11 Å². The van der Waals surface area contributed by atoms with Gasteiger partial charge in [-0.05, 0) is 55.0 Å². The molecule has 1 aromatic heterocycles. The van der Waals surface area contributed by atoms with Crippen LogP contribution < -0.4 is 4.74 Å². The quantitative estimate of drug-likeness (QED) is 0.298. The SMILES string of the molecule is CCOC(=O)C(Cc1cc(-c2ccc(Cl)cc2)n(-c2ccc(OC)cc2)n1)c1ccccc1. The molecule has 0 spiro atoms. The number of nitrogens with zero attached hydrogens (tertiary/aromatic N) is 2. The van der Waals surface area contributed by atoms with Gasteiger partial charge in [-0.15, -0.1) is 0 Å². The molecular formula is C27H25ClN2O3. The molecule has 0 radical (unpaired) electrons. The number of esters is 1. The van der Waals surface area contributed by atoms with Gasteiger partial charge in [-0.3, -0.25) is 4.79 Å². The molecule has 33 heavy (non-hydrogen) atoms. The zero-order chi connectivity index (χ0) is 23.2. The first kappa shape index (κ1) is 22.6. The summed E-state index contributed by atoms with van der Waals surface area (Å²) in [5.41, 5.74) is 4.46. The van der Waals surface area contributed by atoms with Crippen molar-refractivity contribution in [2.75, 3.05) is 13.7 Å². The number of hydrogen-bond acceptors (Lipinski definition) is 4. The molecule has 0 aliphatic carbocycles. The van der Waals surface area contributed by atoms with Gasteiger partial charge in [0.05, 0.1) is 36.7 Å². The van der Waals surface area contributed by atoms with E-state index in [2.05, 4.69) is 0 Å². The Kier molecular flexibility index (Phi) is 7.10. The van der Waals surface area contributed by atoms with Crippen LogP contribution in [0.2, 0.25) is 5.02 Å². The van der Waals surface area contributed by atoms with Gasteiger partial charge in [-0.25, -0.2) is 4.68 Å². The Labute approximate surface area is 198 Å². The normalized spacial score (nSPS) is 11.7. The zero-order valence-electron chi connectivity index (χ0n) is 18.6. The van der Waals surface area contributed by atoms with Crippen molar-refractivity contribution in [1.29, 1.82) is 0 Å². The molecule has 0 bridgehead atoms. The molecule has 4 aromatic rings. The molecule has 0 aliphatic heterocycles. The van der Waals surface area contributed by atoms with E-state index >= 15 is 0 Å². The molecule has 0 saturated heterocycles. The van der Waals surface area contributed by atoms with Gasteiger partial charge in [0.2, 0.25) is 0 Å². The van der Waals surface area contributed by atoms with Gasteiger partial charge in [0.15, 0.2) is 0 Å². The average Bonchev–Trinajstić information content (AvgIpc) is 3.27. The molecule has 0 saturated carbocycles. The van der Waals surface area contributed by atoms with E-state index in [9.17, 15) is 4.79 Å². The molecular weight excluding hydrogens is 436 g/mol. The van der Waals surface area contributed by atoms with Gasteiger partial charge in [-0.2, -0.15) is 5.10 Å². The third kappa shape index (κ3) is 5.26. The molecule has 0 fully saturated rings. The summed E-state index contributed by atoms with van der Waals surface area (Å²) >= 11 is 6.11. The van der Waals surface area contributed by atoms with Gasteiger partial charge < -0.3 is 9.47 Å². The summed E-state index contributed by atoms with van der Waals surface area (Å²) in [6, 6.07) is 27.0. The Morgan fingerprint density at radius 3 is 2.33 bits per heavy atom. The minimum absolute atomic E-state index is 0.254. The van der Waals surface area contributed by atoms with Crippen LogP contribution in [0.4, 0.5) is 0 Å². The van der Waals surface area contributed by atoms with E-state index in [0.29, 0.717) is 18.1 Å². The summed E-state index contributed by atoms with van der Waals surface area (Å²) in [6.45, 7) is 2.15. The molecule has 1 atom stereocenters. The Morgan fingerprint density at radius 2 is 1.70 bits per heavy atom. The lowest BCUT2D eigenvalue weighted by Crippen LogP contribution is -2.18. The van der Waals surface area contributed by atoms with Gasteiger partial charge in [0.25, 0.3) is 0 Å². The Morgan fingerprint density at radius 1 is 1.00 bits per heavy atom. The molecule has 5 nitrogen and oxygen atoms in total. The number of carbonyl (C=O) groups is 1. The second-order valence-electron chi connectivity index (χ2n) is 7.56. The number of rotatable bonds is 8. The van der Waals surface area contributed by atoms with E-state index in [1.165, 1.54) is 0 Å². The maximum absolute atomic E-state index is 12.8. The lowest BCUT2D eigenvalue weighted by molar-refractivity contribution is -0.145. The van der Waals surface area contributed by atoms with E-state index in [0.717, 1.165) is 34.0 Å². The molecule has 168 valence electrons. The second kappa shape index (κ2) is 10.4. The number of methoxy groups -OCH3 is 1.